The van der Waals surface area contributed by atoms with Crippen LogP contribution in [0.2, 0.25) is 5.15 Å². The van der Waals surface area contributed by atoms with E-state index >= 15 is 0 Å². The standard InChI is InChI=1S/C26H22ClN5O4S/c1-15-23(24(27)31(29-15)16-8-5-4-6-9-16)25(33)30-32-22(12-17-10-7-11-37-17)28-19-14-21(36-3)20(35-2)13-18(19)26(32)34/h4-11,13-14,20H,12H2,1-3H3/p+1. The van der Waals surface area contributed by atoms with Gasteiger partial charge in [-0.15, -0.1) is 11.3 Å². The summed E-state index contributed by atoms with van der Waals surface area (Å²) in [4.78, 5) is 32.9. The number of nitrogens with zero attached hydrogens (tertiary/aromatic N) is 4. The summed E-state index contributed by atoms with van der Waals surface area (Å²) in [5.74, 6) is -0.128. The van der Waals surface area contributed by atoms with Crippen molar-refractivity contribution >= 4 is 46.3 Å². The van der Waals surface area contributed by atoms with Crippen molar-refractivity contribution in [3.63, 3.8) is 0 Å². The molecule has 1 atom stereocenters. The summed E-state index contributed by atoms with van der Waals surface area (Å²) in [6.07, 6.45) is 3.09. The average Bonchev–Trinajstić information content (AvgIpc) is 3.53. The fourth-order valence-electron chi connectivity index (χ4n) is 4.13. The van der Waals surface area contributed by atoms with Gasteiger partial charge in [0.15, 0.2) is 5.71 Å². The van der Waals surface area contributed by atoms with Crippen LogP contribution < -0.4 is 5.43 Å². The number of hydrazone groups is 1. The van der Waals surface area contributed by atoms with Crippen LogP contribution in [0.4, 0.5) is 0 Å². The maximum Gasteiger partial charge on any atom is 0.368 e. The summed E-state index contributed by atoms with van der Waals surface area (Å²) >= 11 is 8.13. The lowest BCUT2D eigenvalue weighted by atomic mass is 9.98. The van der Waals surface area contributed by atoms with Crippen molar-refractivity contribution < 1.29 is 23.7 Å². The molecule has 0 bridgehead atoms. The van der Waals surface area contributed by atoms with Crippen molar-refractivity contribution in [1.29, 1.82) is 0 Å². The molecule has 0 fully saturated rings. The number of hydrogen-bond acceptors (Lipinski definition) is 7. The minimum absolute atomic E-state index is 0.138. The van der Waals surface area contributed by atoms with Gasteiger partial charge >= 0.3 is 11.7 Å². The van der Waals surface area contributed by atoms with Crippen molar-refractivity contribution in [2.75, 3.05) is 14.2 Å². The Morgan fingerprint density at radius 3 is 2.68 bits per heavy atom. The van der Waals surface area contributed by atoms with Gasteiger partial charge in [0, 0.05) is 18.1 Å². The van der Waals surface area contributed by atoms with Crippen LogP contribution in [0, 0.1) is 6.92 Å². The highest BCUT2D eigenvalue weighted by atomic mass is 35.5. The van der Waals surface area contributed by atoms with Gasteiger partial charge in [-0.3, -0.25) is 4.79 Å². The minimum atomic E-state index is -0.576. The molecule has 2 aromatic heterocycles. The molecule has 2 amide bonds. The maximum atomic E-state index is 13.7. The number of hydrogen-bond donors (Lipinski definition) is 1. The number of amides is 2. The molecule has 188 valence electrons. The number of rotatable bonds is 7. The van der Waals surface area contributed by atoms with Gasteiger partial charge in [-0.25, -0.2) is 9.48 Å². The number of carbonyl (C=O) groups excluding carboxylic acids is 2. The van der Waals surface area contributed by atoms with Gasteiger partial charge in [0.25, 0.3) is 5.91 Å². The van der Waals surface area contributed by atoms with Crippen LogP contribution in [0.3, 0.4) is 0 Å². The van der Waals surface area contributed by atoms with E-state index in [0.717, 1.165) is 4.88 Å². The molecular weight excluding hydrogens is 514 g/mol. The monoisotopic (exact) mass is 536 g/mol. The summed E-state index contributed by atoms with van der Waals surface area (Å²) in [7, 11) is 3.06. The number of thiophene rings is 1. The second-order valence-corrected chi connectivity index (χ2v) is 9.63. The predicted octanol–water partition coefficient (Wildman–Crippen LogP) is 3.66. The van der Waals surface area contributed by atoms with Gasteiger partial charge in [0.05, 0.1) is 24.9 Å². The predicted molar refractivity (Wildman–Crippen MR) is 140 cm³/mol. The number of para-hydroxylation sites is 1. The topological polar surface area (TPSA) is 97.8 Å². The van der Waals surface area contributed by atoms with E-state index in [1.54, 1.807) is 19.1 Å². The number of aryl methyl sites for hydroxylation is 1. The van der Waals surface area contributed by atoms with Gasteiger partial charge in [-0.05, 0) is 41.6 Å². The molecule has 1 aliphatic carbocycles. The molecule has 1 N–H and O–H groups in total. The van der Waals surface area contributed by atoms with Crippen LogP contribution in [0.15, 0.2) is 76.3 Å². The largest absolute Gasteiger partial charge is 0.498 e. The first-order chi connectivity index (χ1) is 17.9. The number of ether oxygens (including phenoxy) is 2. The molecule has 0 saturated carbocycles. The Kier molecular flexibility index (Phi) is 6.88. The molecule has 0 radical (unpaired) electrons. The van der Waals surface area contributed by atoms with Crippen LogP contribution in [0.5, 0.6) is 0 Å². The highest BCUT2D eigenvalue weighted by Crippen LogP contribution is 2.26. The van der Waals surface area contributed by atoms with Gasteiger partial charge in [-0.2, -0.15) is 10.5 Å². The number of aromatic nitrogens is 2. The Morgan fingerprint density at radius 1 is 1.22 bits per heavy atom. The normalized spacial score (nSPS) is 17.1. The summed E-state index contributed by atoms with van der Waals surface area (Å²) in [6, 6.07) is 13.1. The quantitative estimate of drug-likeness (QED) is 0.465. The fraction of sp³-hybridized carbons (Fsp3) is 0.192. The van der Waals surface area contributed by atoms with Gasteiger partial charge in [0.1, 0.15) is 28.2 Å². The molecule has 0 saturated heterocycles. The Balaban J connectivity index is 1.56. The number of fused-ring (bicyclic) bond motifs is 1. The lowest BCUT2D eigenvalue weighted by Crippen LogP contribution is -2.47. The number of nitrogens with one attached hydrogen (secondary N) is 1. The van der Waals surface area contributed by atoms with Gasteiger partial charge in [-0.1, -0.05) is 40.6 Å². The van der Waals surface area contributed by atoms with Crippen molar-refractivity contribution in [3.05, 3.63) is 92.6 Å². The minimum Gasteiger partial charge on any atom is -0.498 e. The lowest BCUT2D eigenvalue weighted by Gasteiger charge is -2.21. The summed E-state index contributed by atoms with van der Waals surface area (Å²) in [5.41, 5.74) is 4.75. The summed E-state index contributed by atoms with van der Waals surface area (Å²) < 4.78 is 13.5. The molecule has 9 nitrogen and oxygen atoms in total. The number of hydrazine groups is 1. The van der Waals surface area contributed by atoms with Crippen LogP contribution in [-0.4, -0.2) is 58.2 Å². The summed E-state index contributed by atoms with van der Waals surface area (Å²) in [6.45, 7) is 1.69. The first-order valence-corrected chi connectivity index (χ1v) is 12.6. The van der Waals surface area contributed by atoms with E-state index in [1.165, 1.54) is 34.9 Å². The summed E-state index contributed by atoms with van der Waals surface area (Å²) in [5, 5.41) is 6.51. The van der Waals surface area contributed by atoms with Gasteiger partial charge in [0.2, 0.25) is 0 Å². The molecule has 3 aromatic rings. The third kappa shape index (κ3) is 4.66. The molecule has 2 aliphatic rings. The molecular formula is C26H23ClN5O4S+. The highest BCUT2D eigenvalue weighted by molar-refractivity contribution is 7.10. The average molecular weight is 537 g/mol. The van der Waals surface area contributed by atoms with E-state index in [2.05, 4.69) is 10.5 Å². The zero-order chi connectivity index (χ0) is 26.1. The molecule has 1 aliphatic heterocycles. The Labute approximate surface area is 222 Å². The van der Waals surface area contributed by atoms with Gasteiger partial charge < -0.3 is 9.47 Å². The maximum absolute atomic E-state index is 13.7. The first kappa shape index (κ1) is 24.8. The van der Waals surface area contributed by atoms with E-state index in [4.69, 9.17) is 26.1 Å². The number of allylic oxidation sites excluding steroid dienone is 1. The SMILES string of the molecule is COC1=CC2=NC(Cc3cccs3)=[N+](NC(=O)c3c(C)nn(-c4ccccc4)c3Cl)C(=O)C2=CC1OC. The lowest BCUT2D eigenvalue weighted by molar-refractivity contribution is -0.491. The molecule has 1 unspecified atom stereocenters. The van der Waals surface area contributed by atoms with Crippen molar-refractivity contribution in [3.8, 4) is 5.69 Å². The van der Waals surface area contributed by atoms with E-state index in [9.17, 15) is 9.59 Å². The number of carbonyl (C=O) groups is 2. The molecule has 0 spiro atoms. The van der Waals surface area contributed by atoms with Crippen molar-refractivity contribution in [2.24, 2.45) is 4.99 Å². The zero-order valence-corrected chi connectivity index (χ0v) is 21.8. The van der Waals surface area contributed by atoms with E-state index in [1.807, 2.05) is 47.8 Å². The van der Waals surface area contributed by atoms with Crippen LogP contribution in [0.1, 0.15) is 20.9 Å². The van der Waals surface area contributed by atoms with E-state index in [0.29, 0.717) is 40.7 Å². The van der Waals surface area contributed by atoms with E-state index in [-0.39, 0.29) is 10.7 Å². The highest BCUT2D eigenvalue weighted by Gasteiger charge is 2.40. The molecule has 5 rings (SSSR count). The van der Waals surface area contributed by atoms with Crippen LogP contribution in [-0.2, 0) is 20.7 Å². The first-order valence-electron chi connectivity index (χ1n) is 11.3. The number of methoxy groups -OCH3 is 2. The smallest absolute Gasteiger partial charge is 0.368 e. The third-order valence-electron chi connectivity index (χ3n) is 5.94. The molecule has 11 heteroatoms. The fourth-order valence-corrected chi connectivity index (χ4v) is 5.19. The molecule has 3 heterocycles. The third-order valence-corrected chi connectivity index (χ3v) is 7.17. The zero-order valence-electron chi connectivity index (χ0n) is 20.3. The Morgan fingerprint density at radius 2 is 2.00 bits per heavy atom. The van der Waals surface area contributed by atoms with Crippen LogP contribution in [0.25, 0.3) is 5.69 Å². The second kappa shape index (κ2) is 10.3. The van der Waals surface area contributed by atoms with Crippen LogP contribution >= 0.6 is 22.9 Å². The Hall–Kier alpha value is -3.86. The molecule has 37 heavy (non-hydrogen) atoms. The number of amidine groups is 1. The Bertz CT molecular complexity index is 1500. The number of benzene rings is 1. The van der Waals surface area contributed by atoms with E-state index < -0.39 is 17.9 Å². The molecule has 1 aromatic carbocycles. The number of halogens is 1. The van der Waals surface area contributed by atoms with Crippen molar-refractivity contribution in [1.82, 2.24) is 15.2 Å². The van der Waals surface area contributed by atoms with Crippen molar-refractivity contribution in [2.45, 2.75) is 19.4 Å². The number of aliphatic imine (C=N–C) groups is 1. The second-order valence-electron chi connectivity index (χ2n) is 8.24.